The summed E-state index contributed by atoms with van der Waals surface area (Å²) in [5, 5.41) is 10.1. The third-order valence-corrected chi connectivity index (χ3v) is 7.04. The van der Waals surface area contributed by atoms with Gasteiger partial charge in [0, 0.05) is 37.2 Å². The first-order valence-electron chi connectivity index (χ1n) is 8.36. The van der Waals surface area contributed by atoms with Crippen LogP contribution in [0.5, 0.6) is 11.5 Å². The molecule has 26 heavy (non-hydrogen) atoms. The fourth-order valence-electron chi connectivity index (χ4n) is 3.41. The van der Waals surface area contributed by atoms with E-state index in [4.69, 9.17) is 21.1 Å². The van der Waals surface area contributed by atoms with Crippen LogP contribution in [0.4, 0.5) is 0 Å². The van der Waals surface area contributed by atoms with Crippen molar-refractivity contribution in [1.29, 1.82) is 0 Å². The molecule has 1 aliphatic heterocycles. The maximum absolute atomic E-state index is 13.1. The summed E-state index contributed by atoms with van der Waals surface area (Å²) in [6.07, 6.45) is 1.18. The van der Waals surface area contributed by atoms with Gasteiger partial charge in [-0.05, 0) is 26.9 Å². The van der Waals surface area contributed by atoms with Crippen molar-refractivity contribution in [3.05, 3.63) is 17.2 Å². The van der Waals surface area contributed by atoms with Crippen LogP contribution in [0.2, 0.25) is 5.02 Å². The van der Waals surface area contributed by atoms with Crippen LogP contribution in [0, 0.1) is 5.41 Å². The molecule has 9 heteroatoms. The van der Waals surface area contributed by atoms with Crippen molar-refractivity contribution in [2.75, 3.05) is 54.6 Å². The number of nitrogens with zero attached hydrogens (tertiary/aromatic N) is 2. The standard InChI is InChI=1S/C17H27ClN2O5S/c1-19(2)11-17(12-21)5-7-20(8-6-17)26(22,23)16-10-14(24-3)13(18)9-15(16)25-4/h9-10,21H,5-8,11-12H2,1-4H3. The molecule has 0 spiro atoms. The molecular formula is C17H27ClN2O5S. The number of rotatable bonds is 7. The van der Waals surface area contributed by atoms with Crippen molar-refractivity contribution in [2.24, 2.45) is 5.41 Å². The number of aliphatic hydroxyl groups excluding tert-OH is 1. The molecule has 0 bridgehead atoms. The largest absolute Gasteiger partial charge is 0.495 e. The van der Waals surface area contributed by atoms with Crippen LogP contribution in [0.15, 0.2) is 17.0 Å². The lowest BCUT2D eigenvalue weighted by molar-refractivity contribution is 0.0442. The molecule has 1 heterocycles. The van der Waals surface area contributed by atoms with E-state index in [1.165, 1.54) is 30.7 Å². The van der Waals surface area contributed by atoms with Gasteiger partial charge in [-0.15, -0.1) is 0 Å². The first kappa shape index (κ1) is 21.2. The molecule has 0 atom stereocenters. The Bertz CT molecular complexity index is 731. The molecule has 0 radical (unpaired) electrons. The summed E-state index contributed by atoms with van der Waals surface area (Å²) in [6.45, 7) is 1.43. The van der Waals surface area contributed by atoms with Crippen LogP contribution in [-0.2, 0) is 10.0 Å². The average molecular weight is 407 g/mol. The fourth-order valence-corrected chi connectivity index (χ4v) is 5.24. The lowest BCUT2D eigenvalue weighted by atomic mass is 9.79. The molecule has 1 aromatic rings. The number of aliphatic hydroxyl groups is 1. The van der Waals surface area contributed by atoms with Crippen LogP contribution in [0.25, 0.3) is 0 Å². The zero-order chi connectivity index (χ0) is 19.5. The minimum absolute atomic E-state index is 0.0327. The number of methoxy groups -OCH3 is 2. The Labute approximate surface area is 160 Å². The van der Waals surface area contributed by atoms with Crippen molar-refractivity contribution in [3.8, 4) is 11.5 Å². The van der Waals surface area contributed by atoms with Crippen molar-refractivity contribution in [3.63, 3.8) is 0 Å². The van der Waals surface area contributed by atoms with Gasteiger partial charge in [0.1, 0.15) is 16.4 Å². The molecule has 0 saturated carbocycles. The van der Waals surface area contributed by atoms with Crippen molar-refractivity contribution in [1.82, 2.24) is 9.21 Å². The number of piperidine rings is 1. The van der Waals surface area contributed by atoms with Gasteiger partial charge in [0.15, 0.2) is 0 Å². The Morgan fingerprint density at radius 2 is 1.77 bits per heavy atom. The SMILES string of the molecule is COc1cc(S(=O)(=O)N2CCC(CO)(CN(C)C)CC2)c(OC)cc1Cl. The Balaban J connectivity index is 2.30. The highest BCUT2D eigenvalue weighted by atomic mass is 35.5. The molecule has 0 aliphatic carbocycles. The fraction of sp³-hybridized carbons (Fsp3) is 0.647. The number of hydrogen-bond acceptors (Lipinski definition) is 6. The predicted octanol–water partition coefficient (Wildman–Crippen LogP) is 1.68. The summed E-state index contributed by atoms with van der Waals surface area (Å²) in [7, 11) is 2.97. The molecule has 1 aromatic carbocycles. The molecule has 0 aromatic heterocycles. The summed E-state index contributed by atoms with van der Waals surface area (Å²) >= 11 is 6.07. The number of halogens is 1. The van der Waals surface area contributed by atoms with Gasteiger partial charge in [-0.1, -0.05) is 11.6 Å². The quantitative estimate of drug-likeness (QED) is 0.742. The number of benzene rings is 1. The maximum Gasteiger partial charge on any atom is 0.246 e. The monoisotopic (exact) mass is 406 g/mol. The van der Waals surface area contributed by atoms with Crippen LogP contribution >= 0.6 is 11.6 Å². The van der Waals surface area contributed by atoms with E-state index in [1.54, 1.807) is 0 Å². The summed E-state index contributed by atoms with van der Waals surface area (Å²) in [6, 6.07) is 2.84. The van der Waals surface area contributed by atoms with Gasteiger partial charge < -0.3 is 19.5 Å². The van der Waals surface area contributed by atoms with Crippen molar-refractivity contribution in [2.45, 2.75) is 17.7 Å². The molecule has 7 nitrogen and oxygen atoms in total. The zero-order valence-corrected chi connectivity index (χ0v) is 17.2. The second kappa shape index (κ2) is 8.31. The van der Waals surface area contributed by atoms with Crippen LogP contribution in [0.3, 0.4) is 0 Å². The van der Waals surface area contributed by atoms with E-state index in [2.05, 4.69) is 0 Å². The van der Waals surface area contributed by atoms with Crippen molar-refractivity contribution < 1.29 is 23.0 Å². The summed E-state index contributed by atoms with van der Waals surface area (Å²) in [5.41, 5.74) is -0.280. The number of hydrogen-bond donors (Lipinski definition) is 1. The minimum atomic E-state index is -3.77. The van der Waals surface area contributed by atoms with Gasteiger partial charge in [-0.3, -0.25) is 0 Å². The molecule has 1 aliphatic rings. The first-order valence-corrected chi connectivity index (χ1v) is 10.2. The molecule has 1 fully saturated rings. The molecule has 2 rings (SSSR count). The third-order valence-electron chi connectivity index (χ3n) is 4.83. The third kappa shape index (κ3) is 4.26. The Kier molecular flexibility index (Phi) is 6.79. The summed E-state index contributed by atoms with van der Waals surface area (Å²) in [4.78, 5) is 2.05. The van der Waals surface area contributed by atoms with E-state index < -0.39 is 10.0 Å². The normalized spacial score (nSPS) is 18.1. The smallest absolute Gasteiger partial charge is 0.246 e. The van der Waals surface area contributed by atoms with Crippen molar-refractivity contribution >= 4 is 21.6 Å². The predicted molar refractivity (Wildman–Crippen MR) is 101 cm³/mol. The molecule has 0 amide bonds. The summed E-state index contributed by atoms with van der Waals surface area (Å²) in [5.74, 6) is 0.462. The zero-order valence-electron chi connectivity index (χ0n) is 15.7. The van der Waals surface area contributed by atoms with Gasteiger partial charge in [0.2, 0.25) is 10.0 Å². The molecule has 1 N–H and O–H groups in total. The molecule has 0 unspecified atom stereocenters. The molecule has 1 saturated heterocycles. The van der Waals surface area contributed by atoms with E-state index in [0.29, 0.717) is 25.9 Å². The average Bonchev–Trinajstić information content (AvgIpc) is 2.61. The lowest BCUT2D eigenvalue weighted by Crippen LogP contribution is -2.48. The highest BCUT2D eigenvalue weighted by molar-refractivity contribution is 7.89. The summed E-state index contributed by atoms with van der Waals surface area (Å²) < 4.78 is 38.1. The van der Waals surface area contributed by atoms with Gasteiger partial charge in [0.05, 0.1) is 25.8 Å². The highest BCUT2D eigenvalue weighted by Crippen LogP contribution is 2.39. The second-order valence-corrected chi connectivity index (χ2v) is 9.25. The first-order chi connectivity index (χ1) is 12.2. The Hall–Kier alpha value is -1.06. The Morgan fingerprint density at radius 1 is 1.19 bits per heavy atom. The maximum atomic E-state index is 13.1. The second-order valence-electron chi connectivity index (χ2n) is 6.94. The van der Waals surface area contributed by atoms with E-state index >= 15 is 0 Å². The van der Waals surface area contributed by atoms with E-state index in [9.17, 15) is 13.5 Å². The Morgan fingerprint density at radius 3 is 2.23 bits per heavy atom. The van der Waals surface area contributed by atoms with Gasteiger partial charge >= 0.3 is 0 Å². The van der Waals surface area contributed by atoms with Crippen LogP contribution < -0.4 is 9.47 Å². The van der Waals surface area contributed by atoms with Gasteiger partial charge in [-0.25, -0.2) is 8.42 Å². The van der Waals surface area contributed by atoms with E-state index in [0.717, 1.165) is 6.54 Å². The van der Waals surface area contributed by atoms with E-state index in [-0.39, 0.29) is 33.4 Å². The highest BCUT2D eigenvalue weighted by Gasteiger charge is 2.39. The minimum Gasteiger partial charge on any atom is -0.495 e. The number of sulfonamides is 1. The van der Waals surface area contributed by atoms with E-state index in [1.807, 2.05) is 19.0 Å². The van der Waals surface area contributed by atoms with Gasteiger partial charge in [-0.2, -0.15) is 4.31 Å². The van der Waals surface area contributed by atoms with Crippen LogP contribution in [-0.4, -0.2) is 77.3 Å². The van der Waals surface area contributed by atoms with Gasteiger partial charge in [0.25, 0.3) is 0 Å². The topological polar surface area (TPSA) is 79.3 Å². The van der Waals surface area contributed by atoms with Crippen LogP contribution in [0.1, 0.15) is 12.8 Å². The molecular weight excluding hydrogens is 380 g/mol. The number of ether oxygens (including phenoxy) is 2. The lowest BCUT2D eigenvalue weighted by Gasteiger charge is -2.41. The molecule has 148 valence electrons.